The summed E-state index contributed by atoms with van der Waals surface area (Å²) in [4.78, 5) is 41.1. The Labute approximate surface area is 203 Å². The SMILES string of the molecule is COc1cc(Cl)cc2[nH]c(C(=O)N[C@@H](CC(C)C)C(=O)N[C@H](C#N)C[C@@H]3CCCNC3=O)cc12. The van der Waals surface area contributed by atoms with E-state index in [4.69, 9.17) is 16.3 Å². The number of methoxy groups -OCH3 is 1. The van der Waals surface area contributed by atoms with Gasteiger partial charge in [0.25, 0.3) is 5.91 Å². The Balaban J connectivity index is 1.72. The summed E-state index contributed by atoms with van der Waals surface area (Å²) in [6, 6.07) is 5.39. The monoisotopic (exact) mass is 487 g/mol. The van der Waals surface area contributed by atoms with Gasteiger partial charge >= 0.3 is 0 Å². The van der Waals surface area contributed by atoms with Crippen molar-refractivity contribution in [1.82, 2.24) is 20.9 Å². The van der Waals surface area contributed by atoms with E-state index in [0.29, 0.717) is 41.1 Å². The number of hydrogen-bond donors (Lipinski definition) is 4. The van der Waals surface area contributed by atoms with Crippen LogP contribution in [0.1, 0.15) is 50.0 Å². The second-order valence-corrected chi connectivity index (χ2v) is 9.40. The number of ether oxygens (including phenoxy) is 1. The molecule has 1 saturated heterocycles. The first kappa shape index (κ1) is 25.4. The number of amides is 3. The highest BCUT2D eigenvalue weighted by Crippen LogP contribution is 2.30. The molecule has 4 N–H and O–H groups in total. The number of aromatic nitrogens is 1. The zero-order chi connectivity index (χ0) is 24.8. The molecule has 2 heterocycles. The molecular weight excluding hydrogens is 458 g/mol. The average molecular weight is 488 g/mol. The van der Waals surface area contributed by atoms with E-state index in [1.807, 2.05) is 13.8 Å². The molecule has 0 unspecified atom stereocenters. The third-order valence-corrected chi connectivity index (χ3v) is 6.07. The van der Waals surface area contributed by atoms with Crippen molar-refractivity contribution >= 4 is 40.2 Å². The summed E-state index contributed by atoms with van der Waals surface area (Å²) < 4.78 is 5.34. The predicted molar refractivity (Wildman–Crippen MR) is 128 cm³/mol. The maximum absolute atomic E-state index is 13.0. The number of H-pyrrole nitrogens is 1. The van der Waals surface area contributed by atoms with Crippen LogP contribution < -0.4 is 20.7 Å². The lowest BCUT2D eigenvalue weighted by Crippen LogP contribution is -2.51. The number of nitrogens with one attached hydrogen (secondary N) is 4. The Hall–Kier alpha value is -3.25. The molecule has 0 saturated carbocycles. The number of carbonyl (C=O) groups excluding carboxylic acids is 3. The Morgan fingerprint density at radius 3 is 2.71 bits per heavy atom. The quantitative estimate of drug-likeness (QED) is 0.431. The Morgan fingerprint density at radius 2 is 2.06 bits per heavy atom. The molecule has 1 aromatic carbocycles. The molecule has 3 atom stereocenters. The Kier molecular flexibility index (Phi) is 8.40. The average Bonchev–Trinajstić information content (AvgIpc) is 3.22. The normalized spacial score (nSPS) is 17.5. The predicted octanol–water partition coefficient (Wildman–Crippen LogP) is 2.90. The minimum atomic E-state index is -0.847. The lowest BCUT2D eigenvalue weighted by molar-refractivity contribution is -0.128. The van der Waals surface area contributed by atoms with Gasteiger partial charge in [0.15, 0.2) is 0 Å². The molecule has 10 heteroatoms. The largest absolute Gasteiger partial charge is 0.496 e. The first-order valence-electron chi connectivity index (χ1n) is 11.4. The van der Waals surface area contributed by atoms with Crippen LogP contribution in [0.25, 0.3) is 10.9 Å². The summed E-state index contributed by atoms with van der Waals surface area (Å²) in [6.45, 7) is 4.51. The summed E-state index contributed by atoms with van der Waals surface area (Å²) >= 11 is 6.11. The fourth-order valence-electron chi connectivity index (χ4n) is 4.16. The van der Waals surface area contributed by atoms with Gasteiger partial charge in [0, 0.05) is 22.9 Å². The van der Waals surface area contributed by atoms with Gasteiger partial charge in [-0.2, -0.15) is 5.26 Å². The van der Waals surface area contributed by atoms with Gasteiger partial charge in [0.05, 0.1) is 18.7 Å². The Bertz CT molecular complexity index is 1110. The third-order valence-electron chi connectivity index (χ3n) is 5.85. The number of aromatic amines is 1. The highest BCUT2D eigenvalue weighted by atomic mass is 35.5. The topological polar surface area (TPSA) is 136 Å². The number of nitriles is 1. The van der Waals surface area contributed by atoms with Gasteiger partial charge < -0.3 is 25.7 Å². The number of hydrogen-bond acceptors (Lipinski definition) is 5. The molecule has 3 rings (SSSR count). The van der Waals surface area contributed by atoms with Gasteiger partial charge in [0.1, 0.15) is 23.5 Å². The zero-order valence-electron chi connectivity index (χ0n) is 19.5. The third kappa shape index (κ3) is 6.20. The maximum Gasteiger partial charge on any atom is 0.268 e. The highest BCUT2D eigenvalue weighted by molar-refractivity contribution is 6.31. The molecule has 0 bridgehead atoms. The van der Waals surface area contributed by atoms with Crippen molar-refractivity contribution in [2.75, 3.05) is 13.7 Å². The molecule has 0 spiro atoms. The van der Waals surface area contributed by atoms with Crippen molar-refractivity contribution in [3.05, 3.63) is 28.9 Å². The van der Waals surface area contributed by atoms with Crippen LogP contribution in [-0.2, 0) is 9.59 Å². The van der Waals surface area contributed by atoms with Crippen LogP contribution in [0.2, 0.25) is 5.02 Å². The zero-order valence-corrected chi connectivity index (χ0v) is 20.3. The van der Waals surface area contributed by atoms with Crippen molar-refractivity contribution < 1.29 is 19.1 Å². The van der Waals surface area contributed by atoms with Crippen LogP contribution in [0, 0.1) is 23.2 Å². The molecule has 9 nitrogen and oxygen atoms in total. The van der Waals surface area contributed by atoms with Gasteiger partial charge in [-0.3, -0.25) is 14.4 Å². The van der Waals surface area contributed by atoms with E-state index in [2.05, 4.69) is 27.0 Å². The number of halogens is 1. The first-order chi connectivity index (χ1) is 16.2. The van der Waals surface area contributed by atoms with Crippen LogP contribution in [0.5, 0.6) is 5.75 Å². The molecule has 182 valence electrons. The summed E-state index contributed by atoms with van der Waals surface area (Å²) in [5.74, 6) is -0.691. The smallest absolute Gasteiger partial charge is 0.268 e. The molecule has 0 radical (unpaired) electrons. The number of benzene rings is 1. The maximum atomic E-state index is 13.0. The fraction of sp³-hybridized carbons (Fsp3) is 0.500. The van der Waals surface area contributed by atoms with Crippen LogP contribution >= 0.6 is 11.6 Å². The number of piperidine rings is 1. The highest BCUT2D eigenvalue weighted by Gasteiger charge is 2.29. The van der Waals surface area contributed by atoms with E-state index in [1.165, 1.54) is 7.11 Å². The van der Waals surface area contributed by atoms with E-state index in [-0.39, 0.29) is 29.9 Å². The standard InChI is InChI=1S/C24H30ClN5O4/c1-13(2)7-19(23(32)28-16(12-26)8-14-5-4-6-27-22(14)31)30-24(33)20-11-17-18(29-20)9-15(25)10-21(17)34-3/h9-11,13-14,16,19,29H,4-8H2,1-3H3,(H,27,31)(H,28,32)(H,30,33)/t14-,16-,19-/m0/s1. The Morgan fingerprint density at radius 1 is 1.29 bits per heavy atom. The number of nitrogens with zero attached hydrogens (tertiary/aromatic N) is 1. The second kappa shape index (κ2) is 11.3. The van der Waals surface area contributed by atoms with Crippen molar-refractivity contribution in [1.29, 1.82) is 5.26 Å². The van der Waals surface area contributed by atoms with E-state index in [1.54, 1.807) is 18.2 Å². The van der Waals surface area contributed by atoms with Crippen LogP contribution in [0.15, 0.2) is 18.2 Å². The van der Waals surface area contributed by atoms with E-state index in [9.17, 15) is 19.6 Å². The van der Waals surface area contributed by atoms with Crippen molar-refractivity contribution in [2.24, 2.45) is 11.8 Å². The van der Waals surface area contributed by atoms with Gasteiger partial charge in [-0.1, -0.05) is 25.4 Å². The van der Waals surface area contributed by atoms with Crippen molar-refractivity contribution in [2.45, 2.75) is 51.6 Å². The van der Waals surface area contributed by atoms with Gasteiger partial charge in [-0.25, -0.2) is 0 Å². The second-order valence-electron chi connectivity index (χ2n) is 8.96. The lowest BCUT2D eigenvalue weighted by atomic mass is 9.91. The summed E-state index contributed by atoms with van der Waals surface area (Å²) in [6.07, 6.45) is 2.14. The van der Waals surface area contributed by atoms with E-state index in [0.717, 1.165) is 6.42 Å². The lowest BCUT2D eigenvalue weighted by Gasteiger charge is -2.25. The summed E-state index contributed by atoms with van der Waals surface area (Å²) in [5.41, 5.74) is 0.891. The van der Waals surface area contributed by atoms with Crippen LogP contribution in [-0.4, -0.2) is 48.4 Å². The van der Waals surface area contributed by atoms with Gasteiger partial charge in [0.2, 0.25) is 11.8 Å². The molecule has 34 heavy (non-hydrogen) atoms. The van der Waals surface area contributed by atoms with Crippen molar-refractivity contribution in [3.8, 4) is 11.8 Å². The first-order valence-corrected chi connectivity index (χ1v) is 11.7. The molecule has 1 aromatic heterocycles. The summed E-state index contributed by atoms with van der Waals surface area (Å²) in [5, 5.41) is 19.0. The molecule has 0 aliphatic carbocycles. The molecule has 1 aliphatic heterocycles. The van der Waals surface area contributed by atoms with E-state index < -0.39 is 23.9 Å². The molecule has 2 aromatic rings. The number of fused-ring (bicyclic) bond motifs is 1. The van der Waals surface area contributed by atoms with Gasteiger partial charge in [-0.15, -0.1) is 0 Å². The molecule has 3 amide bonds. The van der Waals surface area contributed by atoms with E-state index >= 15 is 0 Å². The molecule has 1 fully saturated rings. The number of carbonyl (C=O) groups is 3. The van der Waals surface area contributed by atoms with Crippen molar-refractivity contribution in [3.63, 3.8) is 0 Å². The van der Waals surface area contributed by atoms with Crippen LogP contribution in [0.3, 0.4) is 0 Å². The molecular formula is C24H30ClN5O4. The molecule has 1 aliphatic rings. The van der Waals surface area contributed by atoms with Gasteiger partial charge in [-0.05, 0) is 49.8 Å². The van der Waals surface area contributed by atoms with Crippen LogP contribution in [0.4, 0.5) is 0 Å². The fourth-order valence-corrected chi connectivity index (χ4v) is 4.37. The minimum Gasteiger partial charge on any atom is -0.496 e. The summed E-state index contributed by atoms with van der Waals surface area (Å²) in [7, 11) is 1.52. The number of rotatable bonds is 9. The minimum absolute atomic E-state index is 0.0953.